The second-order valence-corrected chi connectivity index (χ2v) is 3.91. The van der Waals surface area contributed by atoms with Gasteiger partial charge in [-0.2, -0.15) is 0 Å². The second-order valence-electron chi connectivity index (χ2n) is 3.91. The molecule has 90 valence electrons. The minimum Gasteiger partial charge on any atom is -0.480 e. The van der Waals surface area contributed by atoms with Crippen LogP contribution in [-0.2, 0) is 27.4 Å². The van der Waals surface area contributed by atoms with E-state index in [0.717, 1.165) is 11.1 Å². The van der Waals surface area contributed by atoms with Crippen molar-refractivity contribution in [2.24, 2.45) is 0 Å². The highest BCUT2D eigenvalue weighted by atomic mass is 16.5. The van der Waals surface area contributed by atoms with Crippen molar-refractivity contribution < 1.29 is 19.4 Å². The monoisotopic (exact) mass is 235 g/mol. The van der Waals surface area contributed by atoms with Crippen LogP contribution in [0, 0.1) is 0 Å². The number of carboxylic acids is 1. The van der Waals surface area contributed by atoms with Crippen LogP contribution in [0.1, 0.15) is 11.1 Å². The number of rotatable bonds is 4. The predicted octanol–water partition coefficient (Wildman–Crippen LogP) is 0.630. The van der Waals surface area contributed by atoms with Gasteiger partial charge in [-0.1, -0.05) is 24.3 Å². The van der Waals surface area contributed by atoms with Gasteiger partial charge >= 0.3 is 5.97 Å². The van der Waals surface area contributed by atoms with Crippen LogP contribution in [0.25, 0.3) is 0 Å². The largest absolute Gasteiger partial charge is 0.480 e. The average Bonchev–Trinajstić information content (AvgIpc) is 2.71. The van der Waals surface area contributed by atoms with E-state index in [0.29, 0.717) is 13.1 Å². The maximum Gasteiger partial charge on any atom is 0.329 e. The lowest BCUT2D eigenvalue weighted by molar-refractivity contribution is -0.146. The molecule has 0 unspecified atom stereocenters. The van der Waals surface area contributed by atoms with E-state index in [2.05, 4.69) is 0 Å². The zero-order valence-corrected chi connectivity index (χ0v) is 9.26. The van der Waals surface area contributed by atoms with Crippen molar-refractivity contribution in [1.29, 1.82) is 0 Å². The molecule has 5 heteroatoms. The van der Waals surface area contributed by atoms with Crippen molar-refractivity contribution in [2.75, 3.05) is 13.2 Å². The third kappa shape index (κ3) is 2.82. The molecule has 1 heterocycles. The minimum absolute atomic E-state index is 0.178. The van der Waals surface area contributed by atoms with Gasteiger partial charge in [0.05, 0.1) is 0 Å². The molecule has 1 aromatic carbocycles. The van der Waals surface area contributed by atoms with Crippen LogP contribution in [0.2, 0.25) is 0 Å². The summed E-state index contributed by atoms with van der Waals surface area (Å²) in [5.41, 5.74) is 2.28. The molecule has 1 aliphatic rings. The Morgan fingerprint density at radius 1 is 1.18 bits per heavy atom. The van der Waals surface area contributed by atoms with Crippen molar-refractivity contribution in [3.05, 3.63) is 35.4 Å². The molecule has 0 atom stereocenters. The molecule has 17 heavy (non-hydrogen) atoms. The fraction of sp³-hybridized carbons (Fsp3) is 0.333. The molecule has 2 rings (SSSR count). The van der Waals surface area contributed by atoms with E-state index in [1.165, 1.54) is 0 Å². The van der Waals surface area contributed by atoms with Crippen molar-refractivity contribution >= 4 is 11.9 Å². The van der Waals surface area contributed by atoms with E-state index in [-0.39, 0.29) is 12.5 Å². The summed E-state index contributed by atoms with van der Waals surface area (Å²) in [7, 11) is 0. The van der Waals surface area contributed by atoms with Crippen LogP contribution in [0.3, 0.4) is 0 Å². The summed E-state index contributed by atoms with van der Waals surface area (Å²) in [6.07, 6.45) is 0. The number of carbonyl (C=O) groups excluding carboxylic acids is 1. The first kappa shape index (κ1) is 11.6. The number of amides is 1. The van der Waals surface area contributed by atoms with Gasteiger partial charge in [0, 0.05) is 13.1 Å². The van der Waals surface area contributed by atoms with Crippen LogP contribution >= 0.6 is 0 Å². The van der Waals surface area contributed by atoms with Crippen LogP contribution in [0.5, 0.6) is 0 Å². The first-order valence-corrected chi connectivity index (χ1v) is 5.31. The molecule has 0 spiro atoms. The van der Waals surface area contributed by atoms with Crippen LogP contribution in [0.15, 0.2) is 24.3 Å². The van der Waals surface area contributed by atoms with Gasteiger partial charge in [-0.15, -0.1) is 0 Å². The molecule has 1 aliphatic heterocycles. The van der Waals surface area contributed by atoms with E-state index in [9.17, 15) is 9.59 Å². The molecule has 0 saturated carbocycles. The van der Waals surface area contributed by atoms with Crippen molar-refractivity contribution in [3.63, 3.8) is 0 Å². The molecule has 1 amide bonds. The van der Waals surface area contributed by atoms with Crippen molar-refractivity contribution in [3.8, 4) is 0 Å². The summed E-state index contributed by atoms with van der Waals surface area (Å²) in [5.74, 6) is -1.25. The average molecular weight is 235 g/mol. The minimum atomic E-state index is -1.07. The fourth-order valence-corrected chi connectivity index (χ4v) is 1.83. The second kappa shape index (κ2) is 4.97. The summed E-state index contributed by atoms with van der Waals surface area (Å²) in [6, 6.07) is 7.85. The Hall–Kier alpha value is -1.88. The molecule has 0 radical (unpaired) electrons. The van der Waals surface area contributed by atoms with E-state index >= 15 is 0 Å². The van der Waals surface area contributed by atoms with Gasteiger partial charge in [0.15, 0.2) is 0 Å². The Morgan fingerprint density at radius 2 is 1.76 bits per heavy atom. The zero-order chi connectivity index (χ0) is 12.3. The highest BCUT2D eigenvalue weighted by Crippen LogP contribution is 2.21. The predicted molar refractivity (Wildman–Crippen MR) is 59.2 cm³/mol. The van der Waals surface area contributed by atoms with Gasteiger partial charge in [-0.25, -0.2) is 4.79 Å². The Kier molecular flexibility index (Phi) is 3.39. The lowest BCUT2D eigenvalue weighted by atomic mass is 10.1. The SMILES string of the molecule is O=C(O)COCC(=O)N1Cc2ccccc2C1. The molecule has 5 nitrogen and oxygen atoms in total. The topological polar surface area (TPSA) is 66.8 Å². The van der Waals surface area contributed by atoms with Gasteiger partial charge in [0.25, 0.3) is 0 Å². The van der Waals surface area contributed by atoms with Gasteiger partial charge < -0.3 is 14.7 Å². The number of nitrogens with zero attached hydrogens (tertiary/aromatic N) is 1. The van der Waals surface area contributed by atoms with Crippen LogP contribution in [-0.4, -0.2) is 35.1 Å². The molecule has 1 aromatic rings. The first-order chi connectivity index (χ1) is 8.16. The van der Waals surface area contributed by atoms with E-state index in [4.69, 9.17) is 9.84 Å². The third-order valence-electron chi connectivity index (χ3n) is 2.64. The van der Waals surface area contributed by atoms with Crippen molar-refractivity contribution in [1.82, 2.24) is 4.90 Å². The molecule has 0 saturated heterocycles. The van der Waals surface area contributed by atoms with Gasteiger partial charge in [-0.05, 0) is 11.1 Å². The summed E-state index contributed by atoms with van der Waals surface area (Å²) in [4.78, 5) is 23.6. The fourth-order valence-electron chi connectivity index (χ4n) is 1.83. The Labute approximate surface area is 98.6 Å². The molecule has 0 bridgehead atoms. The van der Waals surface area contributed by atoms with Crippen LogP contribution in [0.4, 0.5) is 0 Å². The standard InChI is InChI=1S/C12H13NO4/c14-11(7-17-8-12(15)16)13-5-9-3-1-2-4-10(9)6-13/h1-4H,5-8H2,(H,15,16). The van der Waals surface area contributed by atoms with E-state index in [1.54, 1.807) is 4.90 Å². The number of ether oxygens (including phenoxy) is 1. The van der Waals surface area contributed by atoms with E-state index < -0.39 is 12.6 Å². The first-order valence-electron chi connectivity index (χ1n) is 5.31. The normalized spacial score (nSPS) is 13.5. The number of fused-ring (bicyclic) bond motifs is 1. The molecular formula is C12H13NO4. The summed E-state index contributed by atoms with van der Waals surface area (Å²) in [5, 5.41) is 8.38. The van der Waals surface area contributed by atoms with Gasteiger partial charge in [0.2, 0.25) is 5.91 Å². The number of carbonyl (C=O) groups is 2. The third-order valence-corrected chi connectivity index (χ3v) is 2.64. The number of hydrogen-bond donors (Lipinski definition) is 1. The number of aliphatic carboxylic acids is 1. The summed E-state index contributed by atoms with van der Waals surface area (Å²) < 4.78 is 4.78. The highest BCUT2D eigenvalue weighted by Gasteiger charge is 2.22. The molecule has 0 aromatic heterocycles. The maximum absolute atomic E-state index is 11.7. The number of carboxylic acid groups (broad SMARTS) is 1. The van der Waals surface area contributed by atoms with Crippen LogP contribution < -0.4 is 0 Å². The van der Waals surface area contributed by atoms with Gasteiger partial charge in [0.1, 0.15) is 13.2 Å². The lowest BCUT2D eigenvalue weighted by Gasteiger charge is -2.14. The highest BCUT2D eigenvalue weighted by molar-refractivity contribution is 5.78. The Bertz CT molecular complexity index is 419. The summed E-state index contributed by atoms with van der Waals surface area (Å²) >= 11 is 0. The maximum atomic E-state index is 11.7. The van der Waals surface area contributed by atoms with Gasteiger partial charge in [-0.3, -0.25) is 4.79 Å². The molecule has 0 fully saturated rings. The number of hydrogen-bond acceptors (Lipinski definition) is 3. The smallest absolute Gasteiger partial charge is 0.329 e. The lowest BCUT2D eigenvalue weighted by Crippen LogP contribution is -2.30. The molecule has 0 aliphatic carbocycles. The zero-order valence-electron chi connectivity index (χ0n) is 9.26. The number of benzene rings is 1. The Balaban J connectivity index is 1.86. The molecule has 1 N–H and O–H groups in total. The summed E-state index contributed by atoms with van der Waals surface area (Å²) in [6.45, 7) is 0.531. The van der Waals surface area contributed by atoms with E-state index in [1.807, 2.05) is 24.3 Å². The molecular weight excluding hydrogens is 222 g/mol. The quantitative estimate of drug-likeness (QED) is 0.831. The Morgan fingerprint density at radius 3 is 2.29 bits per heavy atom. The van der Waals surface area contributed by atoms with Crippen molar-refractivity contribution in [2.45, 2.75) is 13.1 Å².